The molecule has 132 valence electrons. The molecule has 1 N–H and O–H groups in total. The number of nitrogens with zero attached hydrogens (tertiary/aromatic N) is 1. The Bertz CT molecular complexity index is 739. The molecule has 3 amide bonds. The van der Waals surface area contributed by atoms with E-state index in [-0.39, 0.29) is 42.5 Å². The zero-order valence-corrected chi connectivity index (χ0v) is 15.0. The van der Waals surface area contributed by atoms with E-state index in [9.17, 15) is 14.4 Å². The number of hydrogen-bond acceptors (Lipinski definition) is 3. The standard InChI is InChI=1S/C18H18Cl2N2O3/c19-11-3-4-12(20)13(8-11)21-14(23)5-6-22-17(24)15-9-1-2-10(7-9)16(15)18(22)25/h3-4,8-10,15-16H,1-2,5-7H2,(H,21,23)/t9-,10-,15+,16+/m0/s1. The van der Waals surface area contributed by atoms with E-state index in [2.05, 4.69) is 5.32 Å². The van der Waals surface area contributed by atoms with Gasteiger partial charge in [0.05, 0.1) is 22.5 Å². The van der Waals surface area contributed by atoms with Crippen molar-refractivity contribution in [2.75, 3.05) is 11.9 Å². The van der Waals surface area contributed by atoms with Gasteiger partial charge < -0.3 is 5.32 Å². The van der Waals surface area contributed by atoms with Gasteiger partial charge in [-0.05, 0) is 49.3 Å². The lowest BCUT2D eigenvalue weighted by molar-refractivity contribution is -0.140. The minimum absolute atomic E-state index is 0.0507. The lowest BCUT2D eigenvalue weighted by Gasteiger charge is -2.19. The molecular formula is C18H18Cl2N2O3. The Morgan fingerprint density at radius 2 is 1.76 bits per heavy atom. The van der Waals surface area contributed by atoms with E-state index in [0.717, 1.165) is 19.3 Å². The Morgan fingerprint density at radius 1 is 1.12 bits per heavy atom. The maximum atomic E-state index is 12.6. The van der Waals surface area contributed by atoms with E-state index in [1.165, 1.54) is 4.90 Å². The van der Waals surface area contributed by atoms with Gasteiger partial charge in [0.15, 0.2) is 0 Å². The first-order chi connectivity index (χ1) is 12.0. The predicted octanol–water partition coefficient (Wildman–Crippen LogP) is 3.35. The molecule has 2 saturated carbocycles. The number of fused-ring (bicyclic) bond motifs is 5. The molecule has 1 aromatic carbocycles. The fourth-order valence-corrected chi connectivity index (χ4v) is 5.05. The van der Waals surface area contributed by atoms with Crippen molar-refractivity contribution in [1.82, 2.24) is 4.90 Å². The Labute approximate surface area is 155 Å². The number of rotatable bonds is 4. The molecule has 3 aliphatic rings. The number of amides is 3. The molecule has 5 nitrogen and oxygen atoms in total. The smallest absolute Gasteiger partial charge is 0.233 e. The zero-order chi connectivity index (χ0) is 17.7. The van der Waals surface area contributed by atoms with Crippen LogP contribution in [-0.4, -0.2) is 29.2 Å². The van der Waals surface area contributed by atoms with Crippen LogP contribution in [0.2, 0.25) is 10.0 Å². The molecule has 4 atom stereocenters. The molecule has 4 rings (SSSR count). The second-order valence-corrected chi connectivity index (χ2v) is 7.98. The molecule has 25 heavy (non-hydrogen) atoms. The number of anilines is 1. The van der Waals surface area contributed by atoms with E-state index in [1.807, 2.05) is 0 Å². The number of likely N-dealkylation sites (tertiary alicyclic amines) is 1. The van der Waals surface area contributed by atoms with Crippen molar-refractivity contribution >= 4 is 46.6 Å². The molecule has 0 spiro atoms. The van der Waals surface area contributed by atoms with Gasteiger partial charge in [-0.15, -0.1) is 0 Å². The van der Waals surface area contributed by atoms with Crippen molar-refractivity contribution < 1.29 is 14.4 Å². The molecular weight excluding hydrogens is 363 g/mol. The molecule has 7 heteroatoms. The monoisotopic (exact) mass is 380 g/mol. The normalized spacial score (nSPS) is 30.1. The van der Waals surface area contributed by atoms with Crippen LogP contribution in [0.25, 0.3) is 0 Å². The van der Waals surface area contributed by atoms with Crippen LogP contribution in [0.4, 0.5) is 5.69 Å². The number of nitrogens with one attached hydrogen (secondary N) is 1. The van der Waals surface area contributed by atoms with Gasteiger partial charge in [0, 0.05) is 18.0 Å². The summed E-state index contributed by atoms with van der Waals surface area (Å²) in [6.07, 6.45) is 3.16. The third-order valence-corrected chi connectivity index (χ3v) is 6.35. The molecule has 1 aromatic rings. The first kappa shape index (κ1) is 16.9. The molecule has 3 fully saturated rings. The van der Waals surface area contributed by atoms with Crippen LogP contribution in [0, 0.1) is 23.7 Å². The van der Waals surface area contributed by atoms with Crippen LogP contribution in [-0.2, 0) is 14.4 Å². The van der Waals surface area contributed by atoms with Gasteiger partial charge in [0.1, 0.15) is 0 Å². The van der Waals surface area contributed by atoms with E-state index >= 15 is 0 Å². The van der Waals surface area contributed by atoms with Crippen molar-refractivity contribution in [2.45, 2.75) is 25.7 Å². The fraction of sp³-hybridized carbons (Fsp3) is 0.500. The molecule has 0 aromatic heterocycles. The summed E-state index contributed by atoms with van der Waals surface area (Å²) in [6, 6.07) is 4.80. The fourth-order valence-electron chi connectivity index (χ4n) is 4.71. The Balaban J connectivity index is 1.38. The minimum atomic E-state index is -0.301. The molecule has 0 radical (unpaired) electrons. The van der Waals surface area contributed by atoms with Gasteiger partial charge in [-0.2, -0.15) is 0 Å². The SMILES string of the molecule is O=C(CCN1C(=O)[C@@H]2[C@H]3CC[C@@H](C3)[C@H]2C1=O)Nc1cc(Cl)ccc1Cl. The summed E-state index contributed by atoms with van der Waals surface area (Å²) in [5, 5.41) is 3.53. The average molecular weight is 381 g/mol. The maximum Gasteiger partial charge on any atom is 0.233 e. The predicted molar refractivity (Wildman–Crippen MR) is 94.2 cm³/mol. The van der Waals surface area contributed by atoms with E-state index in [4.69, 9.17) is 23.2 Å². The van der Waals surface area contributed by atoms with Crippen molar-refractivity contribution in [3.63, 3.8) is 0 Å². The van der Waals surface area contributed by atoms with E-state index in [0.29, 0.717) is 27.6 Å². The van der Waals surface area contributed by atoms with Crippen LogP contribution in [0.15, 0.2) is 18.2 Å². The number of halogens is 2. The quantitative estimate of drug-likeness (QED) is 0.814. The summed E-state index contributed by atoms with van der Waals surface area (Å²) < 4.78 is 0. The summed E-state index contributed by atoms with van der Waals surface area (Å²) in [7, 11) is 0. The highest BCUT2D eigenvalue weighted by Crippen LogP contribution is 2.56. The first-order valence-electron chi connectivity index (χ1n) is 8.56. The third kappa shape index (κ3) is 2.83. The van der Waals surface area contributed by atoms with Crippen molar-refractivity contribution in [2.24, 2.45) is 23.7 Å². The summed E-state index contributed by atoms with van der Waals surface area (Å²) in [5.74, 6) is -0.0455. The first-order valence-corrected chi connectivity index (χ1v) is 9.31. The number of carbonyl (C=O) groups is 3. The van der Waals surface area contributed by atoms with Crippen LogP contribution in [0.5, 0.6) is 0 Å². The minimum Gasteiger partial charge on any atom is -0.325 e. The summed E-state index contributed by atoms with van der Waals surface area (Å²) in [5.41, 5.74) is 0.424. The number of imide groups is 1. The van der Waals surface area contributed by atoms with Gasteiger partial charge in [0.25, 0.3) is 0 Å². The van der Waals surface area contributed by atoms with Crippen LogP contribution in [0.1, 0.15) is 25.7 Å². The van der Waals surface area contributed by atoms with Crippen LogP contribution in [0.3, 0.4) is 0 Å². The van der Waals surface area contributed by atoms with Gasteiger partial charge in [-0.25, -0.2) is 0 Å². The number of benzene rings is 1. The lowest BCUT2D eigenvalue weighted by atomic mass is 9.81. The summed E-state index contributed by atoms with van der Waals surface area (Å²) in [4.78, 5) is 38.6. The second kappa shape index (κ2) is 6.29. The van der Waals surface area contributed by atoms with Crippen LogP contribution < -0.4 is 5.32 Å². The van der Waals surface area contributed by atoms with Crippen LogP contribution >= 0.6 is 23.2 Å². The van der Waals surface area contributed by atoms with E-state index in [1.54, 1.807) is 18.2 Å². The Hall–Kier alpha value is -1.59. The van der Waals surface area contributed by atoms with Crippen molar-refractivity contribution in [3.05, 3.63) is 28.2 Å². The molecule has 2 aliphatic carbocycles. The largest absolute Gasteiger partial charge is 0.325 e. The lowest BCUT2D eigenvalue weighted by Crippen LogP contribution is -2.35. The highest BCUT2D eigenvalue weighted by Gasteiger charge is 2.60. The highest BCUT2D eigenvalue weighted by atomic mass is 35.5. The van der Waals surface area contributed by atoms with Gasteiger partial charge in [-0.1, -0.05) is 23.2 Å². The van der Waals surface area contributed by atoms with Gasteiger partial charge in [0.2, 0.25) is 17.7 Å². The number of hydrogen-bond donors (Lipinski definition) is 1. The molecule has 2 bridgehead atoms. The second-order valence-electron chi connectivity index (χ2n) is 7.14. The summed E-state index contributed by atoms with van der Waals surface area (Å²) >= 11 is 11.9. The maximum absolute atomic E-state index is 12.6. The van der Waals surface area contributed by atoms with Crippen molar-refractivity contribution in [1.29, 1.82) is 0 Å². The van der Waals surface area contributed by atoms with Crippen molar-refractivity contribution in [3.8, 4) is 0 Å². The Morgan fingerprint density at radius 3 is 2.40 bits per heavy atom. The molecule has 0 unspecified atom stereocenters. The average Bonchev–Trinajstić information content (AvgIpc) is 3.24. The van der Waals surface area contributed by atoms with Gasteiger partial charge >= 0.3 is 0 Å². The topological polar surface area (TPSA) is 66.5 Å². The molecule has 1 saturated heterocycles. The summed E-state index contributed by atoms with van der Waals surface area (Å²) in [6.45, 7) is 0.119. The van der Waals surface area contributed by atoms with E-state index < -0.39 is 0 Å². The zero-order valence-electron chi connectivity index (χ0n) is 13.5. The van der Waals surface area contributed by atoms with Gasteiger partial charge in [-0.3, -0.25) is 19.3 Å². The third-order valence-electron chi connectivity index (χ3n) is 5.78. The molecule has 1 aliphatic heterocycles. The highest BCUT2D eigenvalue weighted by molar-refractivity contribution is 6.35. The number of carbonyl (C=O) groups excluding carboxylic acids is 3. The Kier molecular flexibility index (Phi) is 4.24. The molecule has 1 heterocycles.